The number of ether oxygens (including phenoxy) is 1. The number of aryl methyl sites for hydroxylation is 3. The summed E-state index contributed by atoms with van der Waals surface area (Å²) >= 11 is 0. The molecule has 2 aromatic rings. The van der Waals surface area contributed by atoms with Crippen LogP contribution in [-0.2, 0) is 28.8 Å². The molecule has 0 atom stereocenters. The molecular formula is C17H22F3N5O3. The van der Waals surface area contributed by atoms with Crippen LogP contribution < -0.4 is 5.32 Å². The quantitative estimate of drug-likeness (QED) is 0.720. The Balaban J connectivity index is 2.06. The zero-order valence-electron chi connectivity index (χ0n) is 16.0. The first-order valence-electron chi connectivity index (χ1n) is 8.71. The van der Waals surface area contributed by atoms with Crippen LogP contribution in [0.4, 0.5) is 18.9 Å². The van der Waals surface area contributed by atoms with Crippen LogP contribution in [0.5, 0.6) is 0 Å². The molecule has 28 heavy (non-hydrogen) atoms. The molecule has 2 aromatic heterocycles. The predicted octanol–water partition coefficient (Wildman–Crippen LogP) is 3.02. The van der Waals surface area contributed by atoms with Crippen molar-refractivity contribution >= 4 is 17.6 Å². The van der Waals surface area contributed by atoms with Crippen molar-refractivity contribution < 1.29 is 27.5 Å². The van der Waals surface area contributed by atoms with Gasteiger partial charge in [0.2, 0.25) is 5.91 Å². The van der Waals surface area contributed by atoms with Gasteiger partial charge in [-0.1, -0.05) is 0 Å². The summed E-state index contributed by atoms with van der Waals surface area (Å²) in [5, 5.41) is 10.1. The normalized spacial score (nSPS) is 11.7. The molecule has 0 saturated carbocycles. The van der Waals surface area contributed by atoms with Crippen molar-refractivity contribution in [2.75, 3.05) is 5.32 Å². The Bertz CT molecular complexity index is 855. The Morgan fingerprint density at radius 1 is 1.29 bits per heavy atom. The Kier molecular flexibility index (Phi) is 6.47. The minimum Gasteiger partial charge on any atom is -0.458 e. The molecule has 0 saturated heterocycles. The molecule has 0 aliphatic heterocycles. The number of rotatable bonds is 7. The van der Waals surface area contributed by atoms with Gasteiger partial charge in [0.25, 0.3) is 0 Å². The monoisotopic (exact) mass is 401 g/mol. The third-order valence-electron chi connectivity index (χ3n) is 3.72. The summed E-state index contributed by atoms with van der Waals surface area (Å²) in [7, 11) is 0. The van der Waals surface area contributed by atoms with Crippen LogP contribution >= 0.6 is 0 Å². The van der Waals surface area contributed by atoms with Crippen molar-refractivity contribution in [2.45, 2.75) is 59.5 Å². The number of esters is 1. The minimum atomic E-state index is -4.54. The number of nitrogens with one attached hydrogen (secondary N) is 1. The van der Waals surface area contributed by atoms with Crippen LogP contribution in [0.1, 0.15) is 49.1 Å². The van der Waals surface area contributed by atoms with E-state index in [9.17, 15) is 22.8 Å². The number of amides is 1. The van der Waals surface area contributed by atoms with Crippen molar-refractivity contribution in [3.05, 3.63) is 29.3 Å². The molecule has 0 spiro atoms. The third-order valence-corrected chi connectivity index (χ3v) is 3.72. The average molecular weight is 401 g/mol. The van der Waals surface area contributed by atoms with E-state index in [-0.39, 0.29) is 30.5 Å². The van der Waals surface area contributed by atoms with Crippen LogP contribution in [0.15, 0.2) is 12.3 Å². The molecule has 2 heterocycles. The molecular weight excluding hydrogens is 379 g/mol. The Labute approximate surface area is 159 Å². The van der Waals surface area contributed by atoms with E-state index < -0.39 is 23.7 Å². The molecule has 0 aromatic carbocycles. The first-order chi connectivity index (χ1) is 13.0. The molecule has 0 unspecified atom stereocenters. The molecule has 0 fully saturated rings. The highest BCUT2D eigenvalue weighted by Gasteiger charge is 2.34. The fourth-order valence-corrected chi connectivity index (χ4v) is 2.39. The summed E-state index contributed by atoms with van der Waals surface area (Å²) in [6.45, 7) is 7.11. The van der Waals surface area contributed by atoms with Gasteiger partial charge in [0.15, 0.2) is 11.4 Å². The Morgan fingerprint density at radius 3 is 2.50 bits per heavy atom. The van der Waals surface area contributed by atoms with Crippen LogP contribution in [0.2, 0.25) is 0 Å². The van der Waals surface area contributed by atoms with E-state index in [2.05, 4.69) is 15.5 Å². The van der Waals surface area contributed by atoms with Gasteiger partial charge in [0.05, 0.1) is 11.8 Å². The zero-order chi connectivity index (χ0) is 21.1. The van der Waals surface area contributed by atoms with Crippen molar-refractivity contribution in [1.29, 1.82) is 0 Å². The lowest BCUT2D eigenvalue weighted by atomic mass is 10.3. The van der Waals surface area contributed by atoms with Crippen LogP contribution in [-0.4, -0.2) is 37.5 Å². The molecule has 0 aliphatic carbocycles. The number of nitrogens with zero attached hydrogens (tertiary/aromatic N) is 4. The molecule has 0 aliphatic rings. The number of hydrogen-bond acceptors (Lipinski definition) is 5. The van der Waals surface area contributed by atoms with Gasteiger partial charge in [-0.2, -0.15) is 23.4 Å². The highest BCUT2D eigenvalue weighted by atomic mass is 19.4. The van der Waals surface area contributed by atoms with Crippen LogP contribution in [0, 0.1) is 6.92 Å². The molecule has 8 nitrogen and oxygen atoms in total. The van der Waals surface area contributed by atoms with E-state index in [0.29, 0.717) is 12.2 Å². The smallest absolute Gasteiger partial charge is 0.435 e. The van der Waals surface area contributed by atoms with Gasteiger partial charge < -0.3 is 10.1 Å². The fraction of sp³-hybridized carbons (Fsp3) is 0.529. The maximum absolute atomic E-state index is 12.7. The highest BCUT2D eigenvalue weighted by molar-refractivity contribution is 5.99. The van der Waals surface area contributed by atoms with Crippen molar-refractivity contribution in [1.82, 2.24) is 19.6 Å². The standard InChI is InChI=1S/C17H22F3N5O3/c1-5-24-9-12(15(23-24)16(27)28-10(2)3)21-14(26)6-7-25-11(4)8-13(22-25)17(18,19)20/h8-10H,5-7H2,1-4H3,(H,21,26). The lowest BCUT2D eigenvalue weighted by Crippen LogP contribution is -2.19. The van der Waals surface area contributed by atoms with E-state index in [0.717, 1.165) is 10.7 Å². The summed E-state index contributed by atoms with van der Waals surface area (Å²) in [4.78, 5) is 24.4. The Hall–Kier alpha value is -2.85. The van der Waals surface area contributed by atoms with Gasteiger partial charge in [-0.05, 0) is 33.8 Å². The summed E-state index contributed by atoms with van der Waals surface area (Å²) < 4.78 is 45.8. The van der Waals surface area contributed by atoms with E-state index >= 15 is 0 Å². The second kappa shape index (κ2) is 8.44. The van der Waals surface area contributed by atoms with Gasteiger partial charge in [0.1, 0.15) is 0 Å². The minimum absolute atomic E-state index is 0.0291. The second-order valence-electron chi connectivity index (χ2n) is 6.39. The molecule has 0 radical (unpaired) electrons. The predicted molar refractivity (Wildman–Crippen MR) is 93.7 cm³/mol. The number of carbonyl (C=O) groups is 2. The van der Waals surface area contributed by atoms with Gasteiger partial charge >= 0.3 is 12.1 Å². The van der Waals surface area contributed by atoms with Gasteiger partial charge in [-0.3, -0.25) is 14.2 Å². The van der Waals surface area contributed by atoms with Gasteiger partial charge in [0, 0.05) is 31.4 Å². The first-order valence-corrected chi connectivity index (χ1v) is 8.71. The number of halogens is 3. The highest BCUT2D eigenvalue weighted by Crippen LogP contribution is 2.28. The van der Waals surface area contributed by atoms with E-state index in [1.165, 1.54) is 17.8 Å². The lowest BCUT2D eigenvalue weighted by molar-refractivity contribution is -0.141. The maximum atomic E-state index is 12.7. The summed E-state index contributed by atoms with van der Waals surface area (Å²) in [5.74, 6) is -1.16. The molecule has 1 N–H and O–H groups in total. The summed E-state index contributed by atoms with van der Waals surface area (Å²) in [5.41, 5.74) is -0.558. The van der Waals surface area contributed by atoms with Crippen LogP contribution in [0.25, 0.3) is 0 Å². The number of carbonyl (C=O) groups excluding carboxylic acids is 2. The number of aromatic nitrogens is 4. The van der Waals surface area contributed by atoms with Gasteiger partial charge in [-0.15, -0.1) is 0 Å². The number of alkyl halides is 3. The lowest BCUT2D eigenvalue weighted by Gasteiger charge is -2.08. The summed E-state index contributed by atoms with van der Waals surface area (Å²) in [6, 6.07) is 0.920. The molecule has 2 rings (SSSR count). The van der Waals surface area contributed by atoms with Crippen molar-refractivity contribution in [3.63, 3.8) is 0 Å². The zero-order valence-corrected chi connectivity index (χ0v) is 16.0. The van der Waals surface area contributed by atoms with Crippen molar-refractivity contribution in [2.24, 2.45) is 0 Å². The van der Waals surface area contributed by atoms with Gasteiger partial charge in [-0.25, -0.2) is 4.79 Å². The topological polar surface area (TPSA) is 91.0 Å². The maximum Gasteiger partial charge on any atom is 0.435 e. The first kappa shape index (κ1) is 21.5. The SMILES string of the molecule is CCn1cc(NC(=O)CCn2nc(C(F)(F)F)cc2C)c(C(=O)OC(C)C)n1. The fourth-order valence-electron chi connectivity index (χ4n) is 2.39. The number of anilines is 1. The molecule has 154 valence electrons. The third kappa shape index (κ3) is 5.33. The van der Waals surface area contributed by atoms with Crippen molar-refractivity contribution in [3.8, 4) is 0 Å². The van der Waals surface area contributed by atoms with Crippen LogP contribution in [0.3, 0.4) is 0 Å². The number of hydrogen-bond donors (Lipinski definition) is 1. The Morgan fingerprint density at radius 2 is 1.96 bits per heavy atom. The van der Waals surface area contributed by atoms with E-state index in [1.54, 1.807) is 13.8 Å². The second-order valence-corrected chi connectivity index (χ2v) is 6.39. The van der Waals surface area contributed by atoms with E-state index in [1.807, 2.05) is 6.92 Å². The summed E-state index contributed by atoms with van der Waals surface area (Å²) in [6.07, 6.45) is -3.53. The average Bonchev–Trinajstić information content (AvgIpc) is 3.15. The molecule has 0 bridgehead atoms. The molecule has 11 heteroatoms. The molecule has 1 amide bonds. The largest absolute Gasteiger partial charge is 0.458 e. The van der Waals surface area contributed by atoms with E-state index in [4.69, 9.17) is 4.74 Å².